The van der Waals surface area contributed by atoms with Gasteiger partial charge in [-0.1, -0.05) is 0 Å². The molecule has 1 amide bonds. The molecule has 0 aliphatic rings. The number of nitro benzene ring substituents is 1. The third-order valence-electron chi connectivity index (χ3n) is 2.21. The monoisotopic (exact) mass is 254 g/mol. The van der Waals surface area contributed by atoms with E-state index in [0.29, 0.717) is 18.8 Å². The molecule has 98 valence electrons. The molecular formula is C10H14N4O4. The van der Waals surface area contributed by atoms with Gasteiger partial charge in [-0.05, 0) is 6.07 Å². The Balaban J connectivity index is 3.01. The van der Waals surface area contributed by atoms with Crippen LogP contribution in [0.1, 0.15) is 10.4 Å². The number of methoxy groups -OCH3 is 1. The number of nitro groups is 1. The second-order valence-corrected chi connectivity index (χ2v) is 3.38. The highest BCUT2D eigenvalue weighted by molar-refractivity contribution is 5.99. The molecule has 0 fully saturated rings. The summed E-state index contributed by atoms with van der Waals surface area (Å²) in [7, 11) is 1.55. The first kappa shape index (κ1) is 13.9. The van der Waals surface area contributed by atoms with Crippen LogP contribution in [-0.4, -0.2) is 31.1 Å². The van der Waals surface area contributed by atoms with E-state index in [1.54, 1.807) is 7.11 Å². The molecule has 8 heteroatoms. The van der Waals surface area contributed by atoms with Crippen molar-refractivity contribution in [3.8, 4) is 0 Å². The van der Waals surface area contributed by atoms with Crippen LogP contribution in [0.4, 0.5) is 11.4 Å². The number of carbonyl (C=O) groups excluding carboxylic acids is 1. The van der Waals surface area contributed by atoms with Gasteiger partial charge in [0.1, 0.15) is 0 Å². The summed E-state index contributed by atoms with van der Waals surface area (Å²) in [4.78, 5) is 21.6. The van der Waals surface area contributed by atoms with E-state index in [-0.39, 0.29) is 11.3 Å². The molecule has 0 saturated carbocycles. The summed E-state index contributed by atoms with van der Waals surface area (Å²) in [6.07, 6.45) is 0. The highest BCUT2D eigenvalue weighted by Gasteiger charge is 2.15. The van der Waals surface area contributed by atoms with Gasteiger partial charge in [-0.3, -0.25) is 20.3 Å². The lowest BCUT2D eigenvalue weighted by Gasteiger charge is -2.10. The zero-order chi connectivity index (χ0) is 13.5. The molecule has 0 radical (unpaired) electrons. The molecule has 0 aromatic heterocycles. The van der Waals surface area contributed by atoms with Crippen molar-refractivity contribution in [2.45, 2.75) is 0 Å². The van der Waals surface area contributed by atoms with E-state index in [0.717, 1.165) is 6.07 Å². The summed E-state index contributed by atoms with van der Waals surface area (Å²) in [5, 5.41) is 13.6. The Bertz CT molecular complexity index is 450. The molecule has 0 heterocycles. The number of anilines is 1. The molecule has 0 saturated heterocycles. The lowest BCUT2D eigenvalue weighted by molar-refractivity contribution is -0.384. The van der Waals surface area contributed by atoms with E-state index < -0.39 is 10.8 Å². The quantitative estimate of drug-likeness (QED) is 0.220. The van der Waals surface area contributed by atoms with E-state index in [9.17, 15) is 14.9 Å². The predicted molar refractivity (Wildman–Crippen MR) is 65.1 cm³/mol. The van der Waals surface area contributed by atoms with Gasteiger partial charge < -0.3 is 10.1 Å². The van der Waals surface area contributed by atoms with Crippen molar-refractivity contribution in [2.24, 2.45) is 5.84 Å². The molecule has 1 aromatic carbocycles. The number of nitrogens with one attached hydrogen (secondary N) is 2. The van der Waals surface area contributed by atoms with E-state index >= 15 is 0 Å². The Kier molecular flexibility index (Phi) is 5.03. The molecule has 4 N–H and O–H groups in total. The minimum absolute atomic E-state index is 0.114. The van der Waals surface area contributed by atoms with E-state index in [1.807, 2.05) is 5.43 Å². The van der Waals surface area contributed by atoms with Crippen LogP contribution in [0.5, 0.6) is 0 Å². The van der Waals surface area contributed by atoms with Gasteiger partial charge in [0.05, 0.1) is 17.1 Å². The number of hydrazine groups is 1. The predicted octanol–water partition coefficient (Wildman–Crippen LogP) is 0.257. The topological polar surface area (TPSA) is 120 Å². The first-order chi connectivity index (χ1) is 8.60. The number of carbonyl (C=O) groups is 1. The maximum atomic E-state index is 11.5. The molecule has 1 rings (SSSR count). The Labute approximate surface area is 103 Å². The number of hydrogen-bond donors (Lipinski definition) is 3. The van der Waals surface area contributed by atoms with Gasteiger partial charge in [-0.25, -0.2) is 5.84 Å². The number of non-ortho nitro benzene ring substituents is 1. The highest BCUT2D eigenvalue weighted by atomic mass is 16.6. The zero-order valence-corrected chi connectivity index (χ0v) is 9.80. The van der Waals surface area contributed by atoms with Crippen LogP contribution in [0.15, 0.2) is 18.2 Å². The summed E-state index contributed by atoms with van der Waals surface area (Å²) in [5.74, 6) is 4.43. The number of nitrogen functional groups attached to an aromatic ring is 1. The largest absolute Gasteiger partial charge is 0.383 e. The molecule has 0 bridgehead atoms. The fraction of sp³-hybridized carbons (Fsp3) is 0.300. The summed E-state index contributed by atoms with van der Waals surface area (Å²) < 4.78 is 4.86. The van der Waals surface area contributed by atoms with E-state index in [4.69, 9.17) is 10.6 Å². The van der Waals surface area contributed by atoms with Crippen molar-refractivity contribution in [3.63, 3.8) is 0 Å². The molecule has 0 atom stereocenters. The zero-order valence-electron chi connectivity index (χ0n) is 9.80. The maximum absolute atomic E-state index is 11.5. The number of ether oxygens (including phenoxy) is 1. The van der Waals surface area contributed by atoms with E-state index in [1.165, 1.54) is 12.1 Å². The third-order valence-corrected chi connectivity index (χ3v) is 2.21. The molecule has 0 aliphatic heterocycles. The minimum atomic E-state index is -0.599. The smallest absolute Gasteiger partial charge is 0.270 e. The number of benzene rings is 1. The molecule has 0 aliphatic carbocycles. The fourth-order valence-corrected chi connectivity index (χ4v) is 1.35. The van der Waals surface area contributed by atoms with Gasteiger partial charge in [0.15, 0.2) is 0 Å². The van der Waals surface area contributed by atoms with Crippen LogP contribution in [0, 0.1) is 10.1 Å². The lowest BCUT2D eigenvalue weighted by atomic mass is 10.1. The average Bonchev–Trinajstić information content (AvgIpc) is 2.38. The van der Waals surface area contributed by atoms with Crippen molar-refractivity contribution >= 4 is 17.3 Å². The number of amides is 1. The molecule has 8 nitrogen and oxygen atoms in total. The van der Waals surface area contributed by atoms with Crippen LogP contribution in [0.25, 0.3) is 0 Å². The Morgan fingerprint density at radius 1 is 1.56 bits per heavy atom. The van der Waals surface area contributed by atoms with Crippen LogP contribution in [0.3, 0.4) is 0 Å². The van der Waals surface area contributed by atoms with Gasteiger partial charge in [-0.15, -0.1) is 0 Å². The first-order valence-electron chi connectivity index (χ1n) is 5.12. The third kappa shape index (κ3) is 3.40. The van der Waals surface area contributed by atoms with Crippen LogP contribution in [0.2, 0.25) is 0 Å². The second-order valence-electron chi connectivity index (χ2n) is 3.38. The van der Waals surface area contributed by atoms with Crippen molar-refractivity contribution in [3.05, 3.63) is 33.9 Å². The second kappa shape index (κ2) is 6.52. The Morgan fingerprint density at radius 2 is 2.28 bits per heavy atom. The molecule has 1 aromatic rings. The average molecular weight is 254 g/mol. The van der Waals surface area contributed by atoms with Gasteiger partial charge in [0, 0.05) is 31.5 Å². The summed E-state index contributed by atoms with van der Waals surface area (Å²) >= 11 is 0. The summed E-state index contributed by atoms with van der Waals surface area (Å²) in [6.45, 7) is 0.917. The molecule has 18 heavy (non-hydrogen) atoms. The van der Waals surface area contributed by atoms with Crippen LogP contribution in [-0.2, 0) is 4.74 Å². The SMILES string of the molecule is COCCNc1ccc([N+](=O)[O-])cc1C(=O)NN. The van der Waals surface area contributed by atoms with Crippen molar-refractivity contribution < 1.29 is 14.5 Å². The first-order valence-corrected chi connectivity index (χ1v) is 5.12. The van der Waals surface area contributed by atoms with Gasteiger partial charge in [-0.2, -0.15) is 0 Å². The number of hydrogen-bond acceptors (Lipinski definition) is 6. The van der Waals surface area contributed by atoms with Crippen molar-refractivity contribution in [1.82, 2.24) is 5.43 Å². The van der Waals surface area contributed by atoms with Gasteiger partial charge >= 0.3 is 0 Å². The number of nitrogens with zero attached hydrogens (tertiary/aromatic N) is 1. The fourth-order valence-electron chi connectivity index (χ4n) is 1.35. The molecule has 0 spiro atoms. The van der Waals surface area contributed by atoms with E-state index in [2.05, 4.69) is 5.32 Å². The van der Waals surface area contributed by atoms with Crippen LogP contribution < -0.4 is 16.6 Å². The Morgan fingerprint density at radius 3 is 2.83 bits per heavy atom. The van der Waals surface area contributed by atoms with Gasteiger partial charge in [0.2, 0.25) is 0 Å². The summed E-state index contributed by atoms with van der Waals surface area (Å²) in [5.41, 5.74) is 2.34. The number of rotatable bonds is 6. The van der Waals surface area contributed by atoms with Gasteiger partial charge in [0.25, 0.3) is 11.6 Å². The molecule has 0 unspecified atom stereocenters. The normalized spacial score (nSPS) is 9.89. The van der Waals surface area contributed by atoms with Crippen molar-refractivity contribution in [2.75, 3.05) is 25.6 Å². The van der Waals surface area contributed by atoms with Crippen LogP contribution >= 0.6 is 0 Å². The summed E-state index contributed by atoms with van der Waals surface area (Å²) in [6, 6.07) is 3.93. The lowest BCUT2D eigenvalue weighted by Crippen LogP contribution is -2.30. The highest BCUT2D eigenvalue weighted by Crippen LogP contribution is 2.21. The Hall–Kier alpha value is -2.19. The minimum Gasteiger partial charge on any atom is -0.383 e. The van der Waals surface area contributed by atoms with Crippen molar-refractivity contribution in [1.29, 1.82) is 0 Å². The maximum Gasteiger partial charge on any atom is 0.270 e. The number of nitrogens with two attached hydrogens (primary N) is 1. The molecular weight excluding hydrogens is 240 g/mol. The standard InChI is InChI=1S/C10H14N4O4/c1-18-5-4-12-9-3-2-7(14(16)17)6-8(9)10(15)13-11/h2-3,6,12H,4-5,11H2,1H3,(H,13,15).